The number of rotatable bonds is 5. The van der Waals surface area contributed by atoms with E-state index in [-0.39, 0.29) is 11.7 Å². The van der Waals surface area contributed by atoms with Crippen LogP contribution in [0.2, 0.25) is 5.02 Å². The Morgan fingerprint density at radius 2 is 1.66 bits per heavy atom. The van der Waals surface area contributed by atoms with Crippen molar-refractivity contribution in [2.75, 3.05) is 12.4 Å². The fraction of sp³-hybridized carbons (Fsp3) is 0.0435. The molecule has 0 aliphatic rings. The molecule has 4 aromatic rings. The maximum Gasteiger partial charge on any atom is 0.255 e. The molecule has 0 saturated carbocycles. The lowest BCUT2D eigenvalue weighted by molar-refractivity contribution is 0.102. The number of amides is 1. The number of anilines is 1. The molecule has 0 aliphatic carbocycles. The van der Waals surface area contributed by atoms with Gasteiger partial charge in [0.15, 0.2) is 0 Å². The minimum atomic E-state index is -0.328. The van der Waals surface area contributed by atoms with Crippen molar-refractivity contribution in [3.63, 3.8) is 0 Å². The number of hydrogen-bond donors (Lipinski definition) is 2. The van der Waals surface area contributed by atoms with Crippen LogP contribution in [0, 0.1) is 0 Å². The van der Waals surface area contributed by atoms with Crippen LogP contribution < -0.4 is 10.1 Å². The molecular weight excluding hydrogens is 388 g/mol. The molecule has 3 aromatic carbocycles. The number of carbonyl (C=O) groups excluding carboxylic acids is 2. The number of benzene rings is 3. The Hall–Kier alpha value is -3.57. The third kappa shape index (κ3) is 3.73. The number of carbonyl (C=O) groups is 2. The number of nitrogens with one attached hydrogen (secondary N) is 2. The highest BCUT2D eigenvalue weighted by atomic mass is 35.5. The molecule has 1 heterocycles. The van der Waals surface area contributed by atoms with Crippen molar-refractivity contribution >= 4 is 39.9 Å². The number of ketones is 1. The van der Waals surface area contributed by atoms with Gasteiger partial charge in [-0.1, -0.05) is 41.9 Å². The van der Waals surface area contributed by atoms with Gasteiger partial charge in [-0.2, -0.15) is 0 Å². The second-order valence-electron chi connectivity index (χ2n) is 6.44. The third-order valence-electron chi connectivity index (χ3n) is 4.61. The molecule has 1 aromatic heterocycles. The van der Waals surface area contributed by atoms with Gasteiger partial charge in [0, 0.05) is 27.1 Å². The molecule has 0 saturated heterocycles. The zero-order chi connectivity index (χ0) is 20.4. The molecule has 0 aliphatic heterocycles. The SMILES string of the molecule is COc1ccc(C(=O)Nc2c(C(=O)c3ccccc3)[nH]c3cc(Cl)ccc23)cc1. The number of fused-ring (bicyclic) bond motifs is 1. The molecule has 1 amide bonds. The van der Waals surface area contributed by atoms with Crippen molar-refractivity contribution in [3.05, 3.63) is 94.6 Å². The molecule has 2 N–H and O–H groups in total. The summed E-state index contributed by atoms with van der Waals surface area (Å²) in [5.41, 5.74) is 2.36. The van der Waals surface area contributed by atoms with Crippen LogP contribution in [0.15, 0.2) is 72.8 Å². The standard InChI is InChI=1S/C23H17ClN2O3/c1-29-17-10-7-15(8-11-17)23(28)26-20-18-12-9-16(24)13-19(18)25-21(20)22(27)14-5-3-2-4-6-14/h2-13,25H,1H3,(H,26,28). The number of aromatic nitrogens is 1. The van der Waals surface area contributed by atoms with E-state index in [1.165, 1.54) is 0 Å². The predicted octanol–water partition coefficient (Wildman–Crippen LogP) is 5.31. The highest BCUT2D eigenvalue weighted by molar-refractivity contribution is 6.31. The van der Waals surface area contributed by atoms with Gasteiger partial charge in [0.1, 0.15) is 11.4 Å². The molecule has 4 rings (SSSR count). The molecule has 29 heavy (non-hydrogen) atoms. The van der Waals surface area contributed by atoms with Crippen molar-refractivity contribution in [3.8, 4) is 5.75 Å². The maximum atomic E-state index is 13.1. The summed E-state index contributed by atoms with van der Waals surface area (Å²) in [5.74, 6) is 0.108. The number of aromatic amines is 1. The van der Waals surface area contributed by atoms with E-state index in [0.717, 1.165) is 0 Å². The number of hydrogen-bond acceptors (Lipinski definition) is 3. The number of ether oxygens (including phenoxy) is 1. The first-order chi connectivity index (χ1) is 14.1. The van der Waals surface area contributed by atoms with Gasteiger partial charge in [0.2, 0.25) is 5.78 Å². The normalized spacial score (nSPS) is 10.7. The van der Waals surface area contributed by atoms with Crippen molar-refractivity contribution < 1.29 is 14.3 Å². The van der Waals surface area contributed by atoms with Crippen LogP contribution in [-0.2, 0) is 0 Å². The van der Waals surface area contributed by atoms with E-state index in [4.69, 9.17) is 16.3 Å². The van der Waals surface area contributed by atoms with Crippen LogP contribution in [0.1, 0.15) is 26.4 Å². The van der Waals surface area contributed by atoms with Crippen molar-refractivity contribution in [1.29, 1.82) is 0 Å². The number of H-pyrrole nitrogens is 1. The molecule has 0 fully saturated rings. The lowest BCUT2D eigenvalue weighted by atomic mass is 10.1. The van der Waals surface area contributed by atoms with Gasteiger partial charge in [0.25, 0.3) is 5.91 Å². The highest BCUT2D eigenvalue weighted by Crippen LogP contribution is 2.32. The lowest BCUT2D eigenvalue weighted by Crippen LogP contribution is -2.14. The summed E-state index contributed by atoms with van der Waals surface area (Å²) in [6, 6.07) is 20.9. The van der Waals surface area contributed by atoms with Gasteiger partial charge in [-0.15, -0.1) is 0 Å². The highest BCUT2D eigenvalue weighted by Gasteiger charge is 2.21. The summed E-state index contributed by atoms with van der Waals surface area (Å²) in [6.07, 6.45) is 0. The molecule has 0 bridgehead atoms. The van der Waals surface area contributed by atoms with Gasteiger partial charge >= 0.3 is 0 Å². The molecule has 6 heteroatoms. The molecular formula is C23H17ClN2O3. The Morgan fingerprint density at radius 3 is 2.34 bits per heavy atom. The summed E-state index contributed by atoms with van der Waals surface area (Å²) in [5, 5.41) is 4.12. The minimum absolute atomic E-state index is 0.219. The van der Waals surface area contributed by atoms with E-state index in [1.54, 1.807) is 73.8 Å². The zero-order valence-electron chi connectivity index (χ0n) is 15.5. The van der Waals surface area contributed by atoms with Gasteiger partial charge in [-0.05, 0) is 42.5 Å². The second-order valence-corrected chi connectivity index (χ2v) is 6.88. The summed E-state index contributed by atoms with van der Waals surface area (Å²) in [6.45, 7) is 0. The van der Waals surface area contributed by atoms with Gasteiger partial charge in [0.05, 0.1) is 12.8 Å². The average Bonchev–Trinajstić information content (AvgIpc) is 3.11. The van der Waals surface area contributed by atoms with E-state index in [9.17, 15) is 9.59 Å². The average molecular weight is 405 g/mol. The predicted molar refractivity (Wildman–Crippen MR) is 114 cm³/mol. The van der Waals surface area contributed by atoms with Crippen LogP contribution >= 0.6 is 11.6 Å². The quantitative estimate of drug-likeness (QED) is 0.442. The second kappa shape index (κ2) is 7.81. The topological polar surface area (TPSA) is 71.2 Å². The van der Waals surface area contributed by atoms with Gasteiger partial charge in [-0.25, -0.2) is 0 Å². The maximum absolute atomic E-state index is 13.1. The summed E-state index contributed by atoms with van der Waals surface area (Å²) >= 11 is 6.10. The largest absolute Gasteiger partial charge is 0.497 e. The van der Waals surface area contributed by atoms with Crippen LogP contribution in [0.25, 0.3) is 10.9 Å². The smallest absolute Gasteiger partial charge is 0.255 e. The molecule has 0 radical (unpaired) electrons. The van der Waals surface area contributed by atoms with Crippen LogP contribution in [0.4, 0.5) is 5.69 Å². The Kier molecular flexibility index (Phi) is 5.06. The zero-order valence-corrected chi connectivity index (χ0v) is 16.3. The van der Waals surface area contributed by atoms with E-state index in [1.807, 2.05) is 6.07 Å². The monoisotopic (exact) mass is 404 g/mol. The molecule has 0 atom stereocenters. The van der Waals surface area contributed by atoms with Gasteiger partial charge in [-0.3, -0.25) is 9.59 Å². The molecule has 5 nitrogen and oxygen atoms in total. The Morgan fingerprint density at radius 1 is 0.931 bits per heavy atom. The first-order valence-corrected chi connectivity index (χ1v) is 9.31. The molecule has 144 valence electrons. The Bertz CT molecular complexity index is 1200. The molecule has 0 spiro atoms. The number of halogens is 1. The van der Waals surface area contributed by atoms with Crippen molar-refractivity contribution in [2.45, 2.75) is 0 Å². The summed E-state index contributed by atoms with van der Waals surface area (Å²) in [7, 11) is 1.56. The number of methoxy groups -OCH3 is 1. The fourth-order valence-corrected chi connectivity index (χ4v) is 3.30. The first-order valence-electron chi connectivity index (χ1n) is 8.93. The van der Waals surface area contributed by atoms with E-state index >= 15 is 0 Å². The van der Waals surface area contributed by atoms with Crippen LogP contribution in [0.3, 0.4) is 0 Å². The fourth-order valence-electron chi connectivity index (χ4n) is 3.13. The van der Waals surface area contributed by atoms with E-state index in [2.05, 4.69) is 10.3 Å². The van der Waals surface area contributed by atoms with Crippen molar-refractivity contribution in [1.82, 2.24) is 4.98 Å². The first kappa shape index (κ1) is 18.8. The van der Waals surface area contributed by atoms with E-state index < -0.39 is 0 Å². The summed E-state index contributed by atoms with van der Waals surface area (Å²) in [4.78, 5) is 29.0. The lowest BCUT2D eigenvalue weighted by Gasteiger charge is -2.08. The third-order valence-corrected chi connectivity index (χ3v) is 4.85. The van der Waals surface area contributed by atoms with Crippen molar-refractivity contribution in [2.24, 2.45) is 0 Å². The molecule has 0 unspecified atom stereocenters. The Labute approximate surface area is 172 Å². The Balaban J connectivity index is 1.77. The van der Waals surface area contributed by atoms with Crippen LogP contribution in [-0.4, -0.2) is 23.8 Å². The van der Waals surface area contributed by atoms with Crippen LogP contribution in [0.5, 0.6) is 5.75 Å². The van der Waals surface area contributed by atoms with E-state index in [0.29, 0.717) is 44.2 Å². The summed E-state index contributed by atoms with van der Waals surface area (Å²) < 4.78 is 5.13. The van der Waals surface area contributed by atoms with Gasteiger partial charge < -0.3 is 15.0 Å². The minimum Gasteiger partial charge on any atom is -0.497 e.